The molecule has 0 spiro atoms. The molecule has 2 heterocycles. The lowest BCUT2D eigenvalue weighted by Gasteiger charge is -2.06. The van der Waals surface area contributed by atoms with Crippen LogP contribution in [0.25, 0.3) is 10.9 Å². The molecule has 0 aliphatic carbocycles. The Labute approximate surface area is 124 Å². The molecule has 21 heavy (non-hydrogen) atoms. The highest BCUT2D eigenvalue weighted by atomic mass is 16.5. The van der Waals surface area contributed by atoms with Gasteiger partial charge in [-0.05, 0) is 24.2 Å². The number of rotatable bonds is 6. The Morgan fingerprint density at radius 3 is 2.90 bits per heavy atom. The van der Waals surface area contributed by atoms with Crippen molar-refractivity contribution in [1.29, 1.82) is 0 Å². The van der Waals surface area contributed by atoms with Gasteiger partial charge in [-0.25, -0.2) is 0 Å². The molecule has 0 aliphatic heterocycles. The molecule has 0 saturated heterocycles. The topological polar surface area (TPSA) is 55.9 Å². The van der Waals surface area contributed by atoms with E-state index in [9.17, 15) is 0 Å². The van der Waals surface area contributed by atoms with E-state index in [1.165, 1.54) is 16.5 Å². The van der Waals surface area contributed by atoms with Crippen LogP contribution in [0.15, 0.2) is 35.0 Å². The third-order valence-electron chi connectivity index (χ3n) is 3.59. The van der Waals surface area contributed by atoms with Crippen molar-refractivity contribution in [2.24, 2.45) is 0 Å². The average molecular weight is 284 g/mol. The molecule has 2 aromatic heterocycles. The van der Waals surface area contributed by atoms with Crippen molar-refractivity contribution in [1.82, 2.24) is 20.0 Å². The number of aryl methyl sites for hydroxylation is 1. The lowest BCUT2D eigenvalue weighted by atomic mass is 10.1. The van der Waals surface area contributed by atoms with Crippen molar-refractivity contribution < 1.29 is 4.52 Å². The third-order valence-corrected chi connectivity index (χ3v) is 3.59. The molecule has 0 unspecified atom stereocenters. The van der Waals surface area contributed by atoms with Gasteiger partial charge in [0.25, 0.3) is 0 Å². The minimum atomic E-state index is 0.637. The van der Waals surface area contributed by atoms with Crippen LogP contribution in [0.5, 0.6) is 0 Å². The summed E-state index contributed by atoms with van der Waals surface area (Å²) in [6, 6.07) is 8.55. The molecule has 1 N–H and O–H groups in total. The first-order valence-corrected chi connectivity index (χ1v) is 7.40. The minimum absolute atomic E-state index is 0.637. The first kappa shape index (κ1) is 13.8. The van der Waals surface area contributed by atoms with Gasteiger partial charge in [-0.2, -0.15) is 4.98 Å². The van der Waals surface area contributed by atoms with Crippen LogP contribution in [0.4, 0.5) is 0 Å². The smallest absolute Gasteiger partial charge is 0.226 e. The highest BCUT2D eigenvalue weighted by Crippen LogP contribution is 2.21. The maximum Gasteiger partial charge on any atom is 0.226 e. The Hall–Kier alpha value is -2.14. The Morgan fingerprint density at radius 1 is 1.24 bits per heavy atom. The zero-order valence-electron chi connectivity index (χ0n) is 12.5. The monoisotopic (exact) mass is 284 g/mol. The molecule has 0 fully saturated rings. The summed E-state index contributed by atoms with van der Waals surface area (Å²) in [5.41, 5.74) is 2.52. The highest BCUT2D eigenvalue weighted by molar-refractivity contribution is 5.83. The zero-order chi connectivity index (χ0) is 14.7. The molecule has 0 bridgehead atoms. The lowest BCUT2D eigenvalue weighted by molar-refractivity contribution is 0.375. The lowest BCUT2D eigenvalue weighted by Crippen LogP contribution is -2.11. The van der Waals surface area contributed by atoms with Gasteiger partial charge in [0.15, 0.2) is 5.82 Å². The van der Waals surface area contributed by atoms with E-state index < -0.39 is 0 Å². The number of hydrogen-bond donors (Lipinski definition) is 1. The van der Waals surface area contributed by atoms with Crippen molar-refractivity contribution >= 4 is 10.9 Å². The second-order valence-corrected chi connectivity index (χ2v) is 5.03. The van der Waals surface area contributed by atoms with Crippen LogP contribution >= 0.6 is 0 Å². The Bertz CT molecular complexity index is 729. The van der Waals surface area contributed by atoms with Gasteiger partial charge in [0.2, 0.25) is 5.89 Å². The highest BCUT2D eigenvalue weighted by Gasteiger charge is 2.09. The molecular weight excluding hydrogens is 264 g/mol. The van der Waals surface area contributed by atoms with E-state index in [1.54, 1.807) is 0 Å². The second kappa shape index (κ2) is 6.10. The van der Waals surface area contributed by atoms with Gasteiger partial charge in [-0.1, -0.05) is 31.1 Å². The van der Waals surface area contributed by atoms with E-state index >= 15 is 0 Å². The van der Waals surface area contributed by atoms with Gasteiger partial charge in [-0.15, -0.1) is 0 Å². The number of aromatic nitrogens is 3. The molecule has 0 aliphatic rings. The fourth-order valence-electron chi connectivity index (χ4n) is 2.49. The number of fused-ring (bicyclic) bond motifs is 1. The van der Waals surface area contributed by atoms with Crippen molar-refractivity contribution in [3.8, 4) is 0 Å². The number of hydrogen-bond acceptors (Lipinski definition) is 4. The summed E-state index contributed by atoms with van der Waals surface area (Å²) in [5, 5.41) is 8.67. The van der Waals surface area contributed by atoms with Gasteiger partial charge in [0, 0.05) is 30.1 Å². The fraction of sp³-hybridized carbons (Fsp3) is 0.375. The van der Waals surface area contributed by atoms with Crippen LogP contribution in [0, 0.1) is 0 Å². The Morgan fingerprint density at radius 2 is 2.14 bits per heavy atom. The van der Waals surface area contributed by atoms with Crippen LogP contribution in [-0.4, -0.2) is 21.3 Å². The van der Waals surface area contributed by atoms with Gasteiger partial charge < -0.3 is 14.4 Å². The predicted octanol–water partition coefficient (Wildman–Crippen LogP) is 2.74. The number of nitrogens with zero attached hydrogens (tertiary/aromatic N) is 3. The molecule has 0 amide bonds. The molecule has 0 atom stereocenters. The predicted molar refractivity (Wildman–Crippen MR) is 82.1 cm³/mol. The van der Waals surface area contributed by atoms with E-state index in [4.69, 9.17) is 4.52 Å². The van der Waals surface area contributed by atoms with E-state index in [-0.39, 0.29) is 0 Å². The zero-order valence-corrected chi connectivity index (χ0v) is 12.5. The van der Waals surface area contributed by atoms with Crippen LogP contribution in [0.1, 0.15) is 31.1 Å². The Balaban J connectivity index is 1.89. The second-order valence-electron chi connectivity index (χ2n) is 5.03. The molecule has 0 saturated carbocycles. The molecule has 110 valence electrons. The summed E-state index contributed by atoms with van der Waals surface area (Å²) < 4.78 is 7.33. The first-order valence-electron chi connectivity index (χ1n) is 7.40. The van der Waals surface area contributed by atoms with Gasteiger partial charge in [0.05, 0.1) is 6.54 Å². The molecule has 5 nitrogen and oxygen atoms in total. The molecule has 1 aromatic carbocycles. The average Bonchev–Trinajstić information content (AvgIpc) is 3.13. The standard InChI is InChI=1S/C16H20N4O/c1-3-16-18-15(19-21-16)11-20-9-8-13-12(10-17-4-2)6-5-7-14(13)20/h5-9,17H,3-4,10-11H2,1-2H3. The van der Waals surface area contributed by atoms with E-state index in [1.807, 2.05) is 6.92 Å². The van der Waals surface area contributed by atoms with Crippen LogP contribution < -0.4 is 5.32 Å². The first-order chi connectivity index (χ1) is 10.3. The summed E-state index contributed by atoms with van der Waals surface area (Å²) >= 11 is 0. The SMILES string of the molecule is CCNCc1cccc2c1ccn2Cc1noc(CC)n1. The van der Waals surface area contributed by atoms with E-state index in [2.05, 4.69) is 57.4 Å². The van der Waals surface area contributed by atoms with Crippen LogP contribution in [-0.2, 0) is 19.5 Å². The van der Waals surface area contributed by atoms with E-state index in [0.29, 0.717) is 12.4 Å². The van der Waals surface area contributed by atoms with Gasteiger partial charge in [0.1, 0.15) is 0 Å². The third kappa shape index (κ3) is 2.83. The normalized spacial score (nSPS) is 11.3. The van der Waals surface area contributed by atoms with E-state index in [0.717, 1.165) is 25.3 Å². The van der Waals surface area contributed by atoms with Crippen molar-refractivity contribution in [2.75, 3.05) is 6.54 Å². The largest absolute Gasteiger partial charge is 0.340 e. The number of nitrogens with one attached hydrogen (secondary N) is 1. The minimum Gasteiger partial charge on any atom is -0.340 e. The maximum absolute atomic E-state index is 5.17. The quantitative estimate of drug-likeness (QED) is 0.756. The molecule has 0 radical (unpaired) electrons. The molecule has 5 heteroatoms. The van der Waals surface area contributed by atoms with Crippen LogP contribution in [0.2, 0.25) is 0 Å². The van der Waals surface area contributed by atoms with Crippen LogP contribution in [0.3, 0.4) is 0 Å². The molecular formula is C16H20N4O. The maximum atomic E-state index is 5.17. The summed E-state index contributed by atoms with van der Waals surface area (Å²) in [4.78, 5) is 4.37. The van der Waals surface area contributed by atoms with Gasteiger partial charge in [-0.3, -0.25) is 0 Å². The van der Waals surface area contributed by atoms with Crippen molar-refractivity contribution in [2.45, 2.75) is 33.4 Å². The molecule has 3 aromatic rings. The summed E-state index contributed by atoms with van der Waals surface area (Å²) in [6.45, 7) is 6.62. The number of benzene rings is 1. The summed E-state index contributed by atoms with van der Waals surface area (Å²) in [6.07, 6.45) is 2.86. The fourth-order valence-corrected chi connectivity index (χ4v) is 2.49. The Kier molecular flexibility index (Phi) is 4.01. The van der Waals surface area contributed by atoms with Gasteiger partial charge >= 0.3 is 0 Å². The van der Waals surface area contributed by atoms with Crippen molar-refractivity contribution in [3.05, 3.63) is 47.7 Å². The molecule has 3 rings (SSSR count). The van der Waals surface area contributed by atoms with Crippen molar-refractivity contribution in [3.63, 3.8) is 0 Å². The summed E-state index contributed by atoms with van der Waals surface area (Å²) in [7, 11) is 0. The summed E-state index contributed by atoms with van der Waals surface area (Å²) in [5.74, 6) is 1.41.